The van der Waals surface area contributed by atoms with Crippen molar-refractivity contribution in [3.63, 3.8) is 0 Å². The van der Waals surface area contributed by atoms with Gasteiger partial charge in [-0.15, -0.1) is 0 Å². The van der Waals surface area contributed by atoms with Crippen LogP contribution in [0.3, 0.4) is 0 Å². The lowest BCUT2D eigenvalue weighted by Gasteiger charge is -2.04. The van der Waals surface area contributed by atoms with Gasteiger partial charge in [-0.2, -0.15) is 0 Å². The van der Waals surface area contributed by atoms with Crippen molar-refractivity contribution in [1.29, 1.82) is 0 Å². The first-order chi connectivity index (χ1) is 7.29. The Morgan fingerprint density at radius 2 is 2.33 bits per heavy atom. The minimum absolute atomic E-state index is 0.690. The largest absolute Gasteiger partial charge is 0.441 e. The third-order valence-corrected chi connectivity index (χ3v) is 2.13. The maximum absolute atomic E-state index is 5.38. The van der Waals surface area contributed by atoms with E-state index in [1.165, 1.54) is 0 Å². The fourth-order valence-electron chi connectivity index (χ4n) is 1.45. The van der Waals surface area contributed by atoms with Crippen LogP contribution in [0.15, 0.2) is 22.6 Å². The van der Waals surface area contributed by atoms with Gasteiger partial charge < -0.3 is 14.5 Å². The molecule has 0 fully saturated rings. The lowest BCUT2D eigenvalue weighted by molar-refractivity contribution is 0.211. The van der Waals surface area contributed by atoms with Crippen LogP contribution in [0.1, 0.15) is 5.89 Å². The van der Waals surface area contributed by atoms with E-state index in [4.69, 9.17) is 9.15 Å². The maximum atomic E-state index is 5.38. The first kappa shape index (κ1) is 9.98. The summed E-state index contributed by atoms with van der Waals surface area (Å²) in [5, 5.41) is 3.24. The molecule has 15 heavy (non-hydrogen) atoms. The van der Waals surface area contributed by atoms with Crippen molar-refractivity contribution < 1.29 is 9.15 Å². The molecule has 0 unspecified atom stereocenters. The van der Waals surface area contributed by atoms with Crippen LogP contribution in [-0.4, -0.2) is 25.2 Å². The molecule has 0 aliphatic heterocycles. The van der Waals surface area contributed by atoms with E-state index >= 15 is 0 Å². The monoisotopic (exact) mass is 206 g/mol. The highest BCUT2D eigenvalue weighted by atomic mass is 16.5. The van der Waals surface area contributed by atoms with Crippen LogP contribution in [-0.2, 0) is 4.74 Å². The van der Waals surface area contributed by atoms with Crippen molar-refractivity contribution in [1.82, 2.24) is 4.98 Å². The maximum Gasteiger partial charge on any atom is 0.192 e. The van der Waals surface area contributed by atoms with Gasteiger partial charge in [0.1, 0.15) is 5.52 Å². The second kappa shape index (κ2) is 4.31. The van der Waals surface area contributed by atoms with Crippen molar-refractivity contribution in [2.24, 2.45) is 0 Å². The van der Waals surface area contributed by atoms with Crippen molar-refractivity contribution in [3.8, 4) is 0 Å². The molecule has 0 atom stereocenters. The summed E-state index contributed by atoms with van der Waals surface area (Å²) in [5.41, 5.74) is 2.74. The third kappa shape index (κ3) is 2.27. The predicted octanol–water partition coefficient (Wildman–Crippen LogP) is 2.19. The highest BCUT2D eigenvalue weighted by Gasteiger charge is 2.02. The Bertz CT molecular complexity index is 451. The normalized spacial score (nSPS) is 10.8. The quantitative estimate of drug-likeness (QED) is 0.779. The number of fused-ring (bicyclic) bond motifs is 1. The summed E-state index contributed by atoms with van der Waals surface area (Å²) >= 11 is 0. The number of nitrogens with zero attached hydrogens (tertiary/aromatic N) is 1. The molecule has 1 heterocycles. The molecule has 0 saturated carbocycles. The Labute approximate surface area is 88.3 Å². The zero-order valence-electron chi connectivity index (χ0n) is 8.91. The van der Waals surface area contributed by atoms with Gasteiger partial charge >= 0.3 is 0 Å². The van der Waals surface area contributed by atoms with Crippen LogP contribution >= 0.6 is 0 Å². The summed E-state index contributed by atoms with van der Waals surface area (Å²) in [6, 6.07) is 5.87. The van der Waals surface area contributed by atoms with Gasteiger partial charge in [0.2, 0.25) is 0 Å². The van der Waals surface area contributed by atoms with Crippen LogP contribution in [0.2, 0.25) is 0 Å². The van der Waals surface area contributed by atoms with E-state index in [0.717, 1.165) is 23.3 Å². The van der Waals surface area contributed by atoms with Crippen molar-refractivity contribution >= 4 is 16.8 Å². The van der Waals surface area contributed by atoms with E-state index in [1.54, 1.807) is 7.11 Å². The van der Waals surface area contributed by atoms with Gasteiger partial charge in [-0.3, -0.25) is 0 Å². The van der Waals surface area contributed by atoms with Crippen LogP contribution in [0.4, 0.5) is 5.69 Å². The van der Waals surface area contributed by atoms with Gasteiger partial charge in [-0.1, -0.05) is 0 Å². The number of aryl methyl sites for hydroxylation is 1. The molecule has 0 saturated heterocycles. The van der Waals surface area contributed by atoms with Gasteiger partial charge in [-0.05, 0) is 18.2 Å². The van der Waals surface area contributed by atoms with Crippen LogP contribution < -0.4 is 5.32 Å². The van der Waals surface area contributed by atoms with Gasteiger partial charge in [0.05, 0.1) is 6.61 Å². The zero-order valence-corrected chi connectivity index (χ0v) is 8.91. The predicted molar refractivity (Wildman–Crippen MR) is 59.1 cm³/mol. The molecule has 80 valence electrons. The Morgan fingerprint density at radius 1 is 1.47 bits per heavy atom. The topological polar surface area (TPSA) is 47.3 Å². The first-order valence-corrected chi connectivity index (χ1v) is 4.89. The molecule has 1 aromatic heterocycles. The number of anilines is 1. The summed E-state index contributed by atoms with van der Waals surface area (Å²) in [4.78, 5) is 4.26. The number of nitrogens with one attached hydrogen (secondary N) is 1. The molecule has 0 bridgehead atoms. The van der Waals surface area contributed by atoms with E-state index in [0.29, 0.717) is 12.5 Å². The molecule has 0 radical (unpaired) electrons. The number of ether oxygens (including phenoxy) is 1. The van der Waals surface area contributed by atoms with E-state index in [-0.39, 0.29) is 0 Å². The zero-order chi connectivity index (χ0) is 10.7. The number of rotatable bonds is 4. The van der Waals surface area contributed by atoms with Crippen molar-refractivity contribution in [2.45, 2.75) is 6.92 Å². The highest BCUT2D eigenvalue weighted by molar-refractivity contribution is 5.77. The Balaban J connectivity index is 2.15. The molecule has 1 N–H and O–H groups in total. The number of hydrogen-bond acceptors (Lipinski definition) is 4. The first-order valence-electron chi connectivity index (χ1n) is 4.89. The van der Waals surface area contributed by atoms with Gasteiger partial charge in [0.15, 0.2) is 11.5 Å². The van der Waals surface area contributed by atoms with Gasteiger partial charge in [0.25, 0.3) is 0 Å². The van der Waals surface area contributed by atoms with Gasteiger partial charge in [0, 0.05) is 26.3 Å². The summed E-state index contributed by atoms with van der Waals surface area (Å²) in [5.74, 6) is 0.694. The van der Waals surface area contributed by atoms with Crippen LogP contribution in [0, 0.1) is 6.92 Å². The van der Waals surface area contributed by atoms with Crippen LogP contribution in [0.25, 0.3) is 11.1 Å². The summed E-state index contributed by atoms with van der Waals surface area (Å²) < 4.78 is 10.3. The fourth-order valence-corrected chi connectivity index (χ4v) is 1.45. The van der Waals surface area contributed by atoms with E-state index in [1.807, 2.05) is 25.1 Å². The molecule has 2 aromatic rings. The number of methoxy groups -OCH3 is 1. The second-order valence-electron chi connectivity index (χ2n) is 3.33. The standard InChI is InChI=1S/C11H14N2O2/c1-8-13-10-7-9(12-5-6-14-2)3-4-11(10)15-8/h3-4,7,12H,5-6H2,1-2H3. The lowest BCUT2D eigenvalue weighted by Crippen LogP contribution is -2.07. The lowest BCUT2D eigenvalue weighted by atomic mass is 10.3. The fraction of sp³-hybridized carbons (Fsp3) is 0.364. The Hall–Kier alpha value is -1.55. The SMILES string of the molecule is COCCNc1ccc2oc(C)nc2c1. The molecular weight excluding hydrogens is 192 g/mol. The van der Waals surface area contributed by atoms with Crippen LogP contribution in [0.5, 0.6) is 0 Å². The Morgan fingerprint density at radius 3 is 3.13 bits per heavy atom. The van der Waals surface area contributed by atoms with Crippen molar-refractivity contribution in [3.05, 3.63) is 24.1 Å². The van der Waals surface area contributed by atoms with Gasteiger partial charge in [-0.25, -0.2) is 4.98 Å². The molecule has 4 nitrogen and oxygen atoms in total. The van der Waals surface area contributed by atoms with E-state index in [2.05, 4.69) is 10.3 Å². The molecular formula is C11H14N2O2. The second-order valence-corrected chi connectivity index (χ2v) is 3.33. The summed E-state index contributed by atoms with van der Waals surface area (Å²) in [6.45, 7) is 3.33. The van der Waals surface area contributed by atoms with Crippen molar-refractivity contribution in [2.75, 3.05) is 25.6 Å². The van der Waals surface area contributed by atoms with E-state index < -0.39 is 0 Å². The number of hydrogen-bond donors (Lipinski definition) is 1. The summed E-state index contributed by atoms with van der Waals surface area (Å²) in [6.07, 6.45) is 0. The summed E-state index contributed by atoms with van der Waals surface area (Å²) in [7, 11) is 1.69. The average molecular weight is 206 g/mol. The number of oxazole rings is 1. The molecule has 0 spiro atoms. The minimum Gasteiger partial charge on any atom is -0.441 e. The third-order valence-electron chi connectivity index (χ3n) is 2.13. The molecule has 2 rings (SSSR count). The van der Waals surface area contributed by atoms with E-state index in [9.17, 15) is 0 Å². The number of aromatic nitrogens is 1. The Kier molecular flexibility index (Phi) is 2.87. The average Bonchev–Trinajstić information content (AvgIpc) is 2.57. The smallest absolute Gasteiger partial charge is 0.192 e. The number of benzene rings is 1. The molecule has 0 aliphatic rings. The molecule has 0 amide bonds. The molecule has 0 aliphatic carbocycles. The molecule has 1 aromatic carbocycles. The highest BCUT2D eigenvalue weighted by Crippen LogP contribution is 2.19. The minimum atomic E-state index is 0.690. The molecule has 4 heteroatoms.